The summed E-state index contributed by atoms with van der Waals surface area (Å²) in [4.78, 5) is 12.9. The first-order valence-corrected chi connectivity index (χ1v) is 9.82. The van der Waals surface area contributed by atoms with Crippen molar-refractivity contribution >= 4 is 5.91 Å². The van der Waals surface area contributed by atoms with Crippen LogP contribution in [-0.4, -0.2) is 5.91 Å². The maximum absolute atomic E-state index is 12.9. The fourth-order valence-corrected chi connectivity index (χ4v) is 3.18. The molecule has 0 bridgehead atoms. The van der Waals surface area contributed by atoms with Crippen LogP contribution in [0.25, 0.3) is 0 Å². The fourth-order valence-electron chi connectivity index (χ4n) is 3.18. The van der Waals surface area contributed by atoms with Crippen molar-refractivity contribution in [2.24, 2.45) is 0 Å². The van der Waals surface area contributed by atoms with E-state index in [1.54, 1.807) is 0 Å². The lowest BCUT2D eigenvalue weighted by molar-refractivity contribution is -0.118. The Morgan fingerprint density at radius 3 is 1.92 bits per heavy atom. The van der Waals surface area contributed by atoms with Crippen LogP contribution in [0.15, 0.2) is 72.3 Å². The van der Waals surface area contributed by atoms with Crippen molar-refractivity contribution in [3.05, 3.63) is 83.4 Å². The van der Waals surface area contributed by atoms with Gasteiger partial charge in [-0.15, -0.1) is 0 Å². The molecule has 2 aromatic carbocycles. The van der Waals surface area contributed by atoms with Crippen LogP contribution in [0.1, 0.15) is 69.5 Å². The van der Waals surface area contributed by atoms with Gasteiger partial charge in [-0.05, 0) is 30.9 Å². The maximum Gasteiger partial charge on any atom is 0.247 e. The molecule has 1 amide bonds. The van der Waals surface area contributed by atoms with Gasteiger partial charge in [0.1, 0.15) is 0 Å². The molecule has 0 atom stereocenters. The van der Waals surface area contributed by atoms with Gasteiger partial charge in [0.15, 0.2) is 0 Å². The lowest BCUT2D eigenvalue weighted by atomic mass is 9.97. The first-order valence-electron chi connectivity index (χ1n) is 9.82. The summed E-state index contributed by atoms with van der Waals surface area (Å²) in [7, 11) is 0. The predicted molar refractivity (Wildman–Crippen MR) is 110 cm³/mol. The van der Waals surface area contributed by atoms with Crippen molar-refractivity contribution in [3.63, 3.8) is 0 Å². The van der Waals surface area contributed by atoms with Gasteiger partial charge in [-0.1, -0.05) is 99.3 Å². The maximum atomic E-state index is 12.9. The summed E-state index contributed by atoms with van der Waals surface area (Å²) in [5.74, 6) is 0.0423. The van der Waals surface area contributed by atoms with E-state index in [1.165, 1.54) is 25.7 Å². The lowest BCUT2D eigenvalue weighted by Crippen LogP contribution is -2.30. The highest BCUT2D eigenvalue weighted by Crippen LogP contribution is 2.23. The monoisotopic (exact) mass is 349 g/mol. The predicted octanol–water partition coefficient (Wildman–Crippen LogP) is 6.20. The summed E-state index contributed by atoms with van der Waals surface area (Å²) < 4.78 is 0. The molecule has 0 saturated carbocycles. The molecule has 0 aliphatic heterocycles. The van der Waals surface area contributed by atoms with Crippen molar-refractivity contribution in [2.45, 2.75) is 58.4 Å². The van der Waals surface area contributed by atoms with Crippen LogP contribution in [0.2, 0.25) is 0 Å². The number of amides is 1. The largest absolute Gasteiger partial charge is 0.341 e. The second-order valence-corrected chi connectivity index (χ2v) is 6.71. The quantitative estimate of drug-likeness (QED) is 0.401. The Labute approximate surface area is 158 Å². The van der Waals surface area contributed by atoms with E-state index in [-0.39, 0.29) is 11.9 Å². The second kappa shape index (κ2) is 11.3. The molecule has 0 heterocycles. The molecule has 2 rings (SSSR count). The number of unbranched alkanes of at least 4 members (excludes halogenated alkanes) is 4. The number of nitrogens with one attached hydrogen (secondary N) is 1. The normalized spacial score (nSPS) is 11.6. The zero-order chi connectivity index (χ0) is 18.6. The van der Waals surface area contributed by atoms with Gasteiger partial charge in [-0.25, -0.2) is 0 Å². The number of allylic oxidation sites excluding steroid dienone is 1. The minimum absolute atomic E-state index is 0.0423. The van der Waals surface area contributed by atoms with E-state index in [0.29, 0.717) is 0 Å². The van der Waals surface area contributed by atoms with E-state index < -0.39 is 0 Å². The van der Waals surface area contributed by atoms with Gasteiger partial charge in [0.05, 0.1) is 6.04 Å². The van der Waals surface area contributed by atoms with Gasteiger partial charge in [0.2, 0.25) is 5.91 Å². The summed E-state index contributed by atoms with van der Waals surface area (Å²) >= 11 is 0. The van der Waals surface area contributed by atoms with E-state index in [1.807, 2.05) is 49.4 Å². The third-order valence-corrected chi connectivity index (χ3v) is 4.73. The Balaban J connectivity index is 2.06. The van der Waals surface area contributed by atoms with Crippen LogP contribution in [0.5, 0.6) is 0 Å². The molecule has 2 heteroatoms. The van der Waals surface area contributed by atoms with Crippen LogP contribution in [0.4, 0.5) is 0 Å². The van der Waals surface area contributed by atoms with Crippen molar-refractivity contribution in [1.82, 2.24) is 5.32 Å². The van der Waals surface area contributed by atoms with Crippen LogP contribution >= 0.6 is 0 Å². The van der Waals surface area contributed by atoms with E-state index in [0.717, 1.165) is 29.5 Å². The zero-order valence-electron chi connectivity index (χ0n) is 16.1. The van der Waals surface area contributed by atoms with E-state index in [2.05, 4.69) is 36.5 Å². The number of hydrogen-bond acceptors (Lipinski definition) is 1. The number of carbonyl (C=O) groups is 1. The summed E-state index contributed by atoms with van der Waals surface area (Å²) in [5, 5.41) is 3.25. The highest BCUT2D eigenvalue weighted by molar-refractivity contribution is 5.93. The number of hydrogen-bond donors (Lipinski definition) is 1. The molecule has 2 aromatic rings. The zero-order valence-corrected chi connectivity index (χ0v) is 16.1. The van der Waals surface area contributed by atoms with Gasteiger partial charge < -0.3 is 5.32 Å². The van der Waals surface area contributed by atoms with Gasteiger partial charge in [0.25, 0.3) is 0 Å². The standard InChI is InChI=1S/C24H31NO/c1-3-5-6-7-10-15-20(4-2)24(26)25-23(21-16-11-8-12-17-21)22-18-13-9-14-19-22/h4,8-9,11-14,16-19,23H,3,5-7,10,15H2,1-2H3,(H,25,26). The molecule has 0 fully saturated rings. The molecule has 2 nitrogen and oxygen atoms in total. The Morgan fingerprint density at radius 2 is 1.42 bits per heavy atom. The van der Waals surface area contributed by atoms with Crippen LogP contribution in [0, 0.1) is 0 Å². The summed E-state index contributed by atoms with van der Waals surface area (Å²) in [6.45, 7) is 4.18. The Kier molecular flexibility index (Phi) is 8.68. The Bertz CT molecular complexity index is 636. The smallest absolute Gasteiger partial charge is 0.247 e. The van der Waals surface area contributed by atoms with E-state index >= 15 is 0 Å². The molecule has 0 aliphatic rings. The third-order valence-electron chi connectivity index (χ3n) is 4.73. The molecule has 26 heavy (non-hydrogen) atoms. The molecule has 138 valence electrons. The molecule has 0 spiro atoms. The van der Waals surface area contributed by atoms with E-state index in [9.17, 15) is 4.79 Å². The molecular formula is C24H31NO. The van der Waals surface area contributed by atoms with Crippen molar-refractivity contribution in [2.75, 3.05) is 0 Å². The van der Waals surface area contributed by atoms with Crippen LogP contribution in [-0.2, 0) is 4.79 Å². The highest BCUT2D eigenvalue weighted by atomic mass is 16.1. The SMILES string of the molecule is CC=C(CCCCCCC)C(=O)NC(c1ccccc1)c1ccccc1. The second-order valence-electron chi connectivity index (χ2n) is 6.71. The fraction of sp³-hybridized carbons (Fsp3) is 0.375. The molecule has 0 aliphatic carbocycles. The topological polar surface area (TPSA) is 29.1 Å². The molecule has 1 N–H and O–H groups in total. The summed E-state index contributed by atoms with van der Waals surface area (Å²) in [6, 6.07) is 20.2. The van der Waals surface area contributed by atoms with Crippen molar-refractivity contribution in [1.29, 1.82) is 0 Å². The van der Waals surface area contributed by atoms with Gasteiger partial charge >= 0.3 is 0 Å². The highest BCUT2D eigenvalue weighted by Gasteiger charge is 2.18. The van der Waals surface area contributed by atoms with E-state index in [4.69, 9.17) is 0 Å². The molecule has 0 aromatic heterocycles. The Hall–Kier alpha value is -2.35. The average molecular weight is 350 g/mol. The Morgan fingerprint density at radius 1 is 0.885 bits per heavy atom. The van der Waals surface area contributed by atoms with Crippen molar-refractivity contribution in [3.8, 4) is 0 Å². The first-order chi connectivity index (χ1) is 12.8. The summed E-state index contributed by atoms with van der Waals surface area (Å²) in [5.41, 5.74) is 3.09. The molecule has 0 saturated heterocycles. The summed E-state index contributed by atoms with van der Waals surface area (Å²) in [6.07, 6.45) is 8.86. The molecule has 0 radical (unpaired) electrons. The third kappa shape index (κ3) is 6.18. The number of carbonyl (C=O) groups excluding carboxylic acids is 1. The minimum Gasteiger partial charge on any atom is -0.341 e. The molecule has 0 unspecified atom stereocenters. The van der Waals surface area contributed by atoms with Gasteiger partial charge in [-0.3, -0.25) is 4.79 Å². The van der Waals surface area contributed by atoms with Gasteiger partial charge in [-0.2, -0.15) is 0 Å². The van der Waals surface area contributed by atoms with Crippen LogP contribution < -0.4 is 5.32 Å². The lowest BCUT2D eigenvalue weighted by Gasteiger charge is -2.21. The van der Waals surface area contributed by atoms with Gasteiger partial charge in [0, 0.05) is 5.57 Å². The van der Waals surface area contributed by atoms with Crippen molar-refractivity contribution < 1.29 is 4.79 Å². The van der Waals surface area contributed by atoms with Crippen LogP contribution in [0.3, 0.4) is 0 Å². The minimum atomic E-state index is -0.125. The number of benzene rings is 2. The number of rotatable bonds is 10. The average Bonchev–Trinajstić information content (AvgIpc) is 2.70. The first kappa shape index (κ1) is 20.0. The molecular weight excluding hydrogens is 318 g/mol.